The van der Waals surface area contributed by atoms with Crippen molar-refractivity contribution in [3.63, 3.8) is 0 Å². The van der Waals surface area contributed by atoms with Crippen molar-refractivity contribution in [3.05, 3.63) is 24.3 Å². The number of ether oxygens (including phenoxy) is 1. The Kier molecular flexibility index (Phi) is 6.29. The van der Waals surface area contributed by atoms with Gasteiger partial charge in [0.1, 0.15) is 12.4 Å². The van der Waals surface area contributed by atoms with E-state index in [1.54, 1.807) is 24.3 Å². The molecule has 20 heavy (non-hydrogen) atoms. The molecule has 1 atom stereocenters. The molecular formula is C14H24N2O3S. The van der Waals surface area contributed by atoms with Gasteiger partial charge >= 0.3 is 0 Å². The molecule has 0 aliphatic rings. The molecule has 0 fully saturated rings. The van der Waals surface area contributed by atoms with Crippen molar-refractivity contribution in [2.45, 2.75) is 33.2 Å². The van der Waals surface area contributed by atoms with E-state index in [9.17, 15) is 8.42 Å². The molecule has 0 spiro atoms. The lowest BCUT2D eigenvalue weighted by atomic mass is 10.3. The predicted molar refractivity (Wildman–Crippen MR) is 82.3 cm³/mol. The Morgan fingerprint density at radius 3 is 2.60 bits per heavy atom. The fourth-order valence-corrected chi connectivity index (χ4v) is 3.59. The quantitative estimate of drug-likeness (QED) is 0.746. The first-order valence-electron chi connectivity index (χ1n) is 6.88. The van der Waals surface area contributed by atoms with E-state index in [0.29, 0.717) is 18.0 Å². The highest BCUT2D eigenvalue weighted by molar-refractivity contribution is 7.89. The second kappa shape index (κ2) is 7.50. The third-order valence-corrected chi connectivity index (χ3v) is 5.23. The van der Waals surface area contributed by atoms with Gasteiger partial charge in [-0.05, 0) is 25.5 Å². The van der Waals surface area contributed by atoms with Gasteiger partial charge < -0.3 is 10.5 Å². The van der Waals surface area contributed by atoms with Crippen molar-refractivity contribution in [3.8, 4) is 5.75 Å². The van der Waals surface area contributed by atoms with Crippen molar-refractivity contribution in [1.82, 2.24) is 4.31 Å². The molecule has 1 unspecified atom stereocenters. The number of rotatable bonds is 8. The summed E-state index contributed by atoms with van der Waals surface area (Å²) < 4.78 is 31.4. The number of hydrogen-bond donors (Lipinski definition) is 1. The van der Waals surface area contributed by atoms with E-state index < -0.39 is 10.0 Å². The highest BCUT2D eigenvalue weighted by Gasteiger charge is 2.24. The minimum atomic E-state index is -3.29. The Morgan fingerprint density at radius 1 is 1.35 bits per heavy atom. The smallest absolute Gasteiger partial charge is 0.217 e. The lowest BCUT2D eigenvalue weighted by molar-refractivity contribution is 0.319. The van der Waals surface area contributed by atoms with Crippen molar-refractivity contribution >= 4 is 15.7 Å². The zero-order valence-corrected chi connectivity index (χ0v) is 13.2. The predicted octanol–water partition coefficient (Wildman–Crippen LogP) is 2.10. The Bertz CT molecular complexity index is 517. The van der Waals surface area contributed by atoms with Gasteiger partial charge in [-0.1, -0.05) is 19.9 Å². The monoisotopic (exact) mass is 300 g/mol. The topological polar surface area (TPSA) is 72.6 Å². The van der Waals surface area contributed by atoms with E-state index in [2.05, 4.69) is 0 Å². The molecule has 0 aliphatic heterocycles. The average Bonchev–Trinajstić information content (AvgIpc) is 2.38. The van der Waals surface area contributed by atoms with Crippen LogP contribution >= 0.6 is 0 Å². The lowest BCUT2D eigenvalue weighted by Gasteiger charge is -2.26. The second-order valence-electron chi connectivity index (χ2n) is 4.70. The van der Waals surface area contributed by atoms with Gasteiger partial charge in [0.15, 0.2) is 0 Å². The van der Waals surface area contributed by atoms with Crippen LogP contribution in [0.2, 0.25) is 0 Å². The van der Waals surface area contributed by atoms with Crippen molar-refractivity contribution in [2.24, 2.45) is 0 Å². The van der Waals surface area contributed by atoms with Gasteiger partial charge in [0.2, 0.25) is 10.0 Å². The van der Waals surface area contributed by atoms with E-state index in [1.807, 2.05) is 20.8 Å². The molecule has 114 valence electrons. The van der Waals surface area contributed by atoms with Crippen LogP contribution in [-0.2, 0) is 10.0 Å². The summed E-state index contributed by atoms with van der Waals surface area (Å²) in [5.74, 6) is 0.562. The highest BCUT2D eigenvalue weighted by Crippen LogP contribution is 2.15. The molecule has 1 rings (SSSR count). The highest BCUT2D eigenvalue weighted by atomic mass is 32.2. The maximum Gasteiger partial charge on any atom is 0.217 e. The van der Waals surface area contributed by atoms with E-state index in [4.69, 9.17) is 10.5 Å². The molecule has 0 radical (unpaired) electrons. The van der Waals surface area contributed by atoms with Gasteiger partial charge in [-0.3, -0.25) is 0 Å². The molecule has 0 amide bonds. The molecule has 0 bridgehead atoms. The number of hydrogen-bond acceptors (Lipinski definition) is 4. The largest absolute Gasteiger partial charge is 0.492 e. The third-order valence-electron chi connectivity index (χ3n) is 3.22. The summed E-state index contributed by atoms with van der Waals surface area (Å²) >= 11 is 0. The van der Waals surface area contributed by atoms with Crippen LogP contribution in [0.5, 0.6) is 5.75 Å². The number of nitrogen functional groups attached to an aromatic ring is 1. The number of nitrogens with two attached hydrogens (primary N) is 1. The fourth-order valence-electron chi connectivity index (χ4n) is 1.97. The average molecular weight is 300 g/mol. The first-order valence-corrected chi connectivity index (χ1v) is 8.49. The van der Waals surface area contributed by atoms with Crippen LogP contribution in [0, 0.1) is 0 Å². The number of benzene rings is 1. The number of nitrogens with zero attached hydrogens (tertiary/aromatic N) is 1. The minimum Gasteiger partial charge on any atom is -0.492 e. The van der Waals surface area contributed by atoms with E-state index in [-0.39, 0.29) is 18.4 Å². The molecule has 0 aliphatic carbocycles. The van der Waals surface area contributed by atoms with Crippen LogP contribution in [0.25, 0.3) is 0 Å². The van der Waals surface area contributed by atoms with Gasteiger partial charge in [0, 0.05) is 24.3 Å². The van der Waals surface area contributed by atoms with Gasteiger partial charge in [-0.25, -0.2) is 8.42 Å². The van der Waals surface area contributed by atoms with Crippen molar-refractivity contribution in [2.75, 3.05) is 24.6 Å². The molecule has 5 nitrogen and oxygen atoms in total. The zero-order valence-electron chi connectivity index (χ0n) is 12.4. The summed E-state index contributed by atoms with van der Waals surface area (Å²) in [6.45, 7) is 6.35. The molecule has 0 aromatic heterocycles. The van der Waals surface area contributed by atoms with Crippen LogP contribution < -0.4 is 10.5 Å². The summed E-state index contributed by atoms with van der Waals surface area (Å²) in [6, 6.07) is 6.98. The first kappa shape index (κ1) is 16.8. The molecule has 1 aromatic rings. The van der Waals surface area contributed by atoms with Gasteiger partial charge in [0.05, 0.1) is 5.75 Å². The Morgan fingerprint density at radius 2 is 2.05 bits per heavy atom. The summed E-state index contributed by atoms with van der Waals surface area (Å²) in [7, 11) is -3.29. The van der Waals surface area contributed by atoms with E-state index in [1.165, 1.54) is 4.31 Å². The third kappa shape index (κ3) is 4.68. The normalized spacial score (nSPS) is 13.4. The maximum atomic E-state index is 12.2. The Labute approximate surface area is 121 Å². The minimum absolute atomic E-state index is 0.0115. The van der Waals surface area contributed by atoms with Crippen LogP contribution in [0.3, 0.4) is 0 Å². The standard InChI is InChI=1S/C14H24N2O3S/c1-4-12(3)16(5-2)20(17,18)10-9-19-14-8-6-7-13(15)11-14/h6-8,11-12H,4-5,9-10,15H2,1-3H3. The molecule has 0 saturated carbocycles. The maximum absolute atomic E-state index is 12.2. The van der Waals surface area contributed by atoms with Crippen LogP contribution in [0.1, 0.15) is 27.2 Å². The summed E-state index contributed by atoms with van der Waals surface area (Å²) in [5.41, 5.74) is 6.23. The molecule has 2 N–H and O–H groups in total. The summed E-state index contributed by atoms with van der Waals surface area (Å²) in [5, 5.41) is 0. The van der Waals surface area contributed by atoms with Crippen LogP contribution in [0.4, 0.5) is 5.69 Å². The molecule has 0 heterocycles. The first-order chi connectivity index (χ1) is 9.40. The van der Waals surface area contributed by atoms with Crippen LogP contribution in [0.15, 0.2) is 24.3 Å². The van der Waals surface area contributed by atoms with Gasteiger partial charge in [-0.2, -0.15) is 4.31 Å². The number of anilines is 1. The molecule has 0 saturated heterocycles. The van der Waals surface area contributed by atoms with Gasteiger partial charge in [0.25, 0.3) is 0 Å². The SMILES string of the molecule is CCC(C)N(CC)S(=O)(=O)CCOc1cccc(N)c1. The fraction of sp³-hybridized carbons (Fsp3) is 0.571. The van der Waals surface area contributed by atoms with Crippen LogP contribution in [-0.4, -0.2) is 37.7 Å². The van der Waals surface area contributed by atoms with Crippen molar-refractivity contribution < 1.29 is 13.2 Å². The Hall–Kier alpha value is -1.27. The molecule has 6 heteroatoms. The molecular weight excluding hydrogens is 276 g/mol. The number of sulfonamides is 1. The lowest BCUT2D eigenvalue weighted by Crippen LogP contribution is -2.40. The molecule has 1 aromatic carbocycles. The zero-order chi connectivity index (χ0) is 15.2. The Balaban J connectivity index is 2.59. The second-order valence-corrected chi connectivity index (χ2v) is 6.74. The van der Waals surface area contributed by atoms with E-state index >= 15 is 0 Å². The van der Waals surface area contributed by atoms with E-state index in [0.717, 1.165) is 6.42 Å². The summed E-state index contributed by atoms with van der Waals surface area (Å²) in [4.78, 5) is 0. The van der Waals surface area contributed by atoms with Gasteiger partial charge in [-0.15, -0.1) is 0 Å². The van der Waals surface area contributed by atoms with Crippen molar-refractivity contribution in [1.29, 1.82) is 0 Å². The summed E-state index contributed by atoms with van der Waals surface area (Å²) in [6.07, 6.45) is 0.795.